The van der Waals surface area contributed by atoms with Crippen LogP contribution in [0.3, 0.4) is 0 Å². The normalized spacial score (nSPS) is 13.9. The fraction of sp³-hybridized carbons (Fsp3) is 0.481. The first-order valence-corrected chi connectivity index (χ1v) is 13.3. The van der Waals surface area contributed by atoms with E-state index in [4.69, 9.17) is 10.5 Å². The van der Waals surface area contributed by atoms with Crippen LogP contribution in [0, 0.1) is 10.1 Å². The number of hydrogen-bond donors (Lipinski definition) is 5. The lowest BCUT2D eigenvalue weighted by Gasteiger charge is -2.24. The number of hydrogen-bond acceptors (Lipinski definition) is 9. The van der Waals surface area contributed by atoms with Crippen molar-refractivity contribution >= 4 is 35.4 Å². The van der Waals surface area contributed by atoms with Gasteiger partial charge in [-0.2, -0.15) is 0 Å². The van der Waals surface area contributed by atoms with Crippen LogP contribution >= 0.6 is 0 Å². The van der Waals surface area contributed by atoms with Gasteiger partial charge in [0.05, 0.1) is 16.9 Å². The molecule has 0 aliphatic rings. The molecule has 1 heterocycles. The SMILES string of the molecule is C[C@H](NC(=O)[C@H](C)NC(=O)[C@H](Cc1cn(C)cn1)NC(=O)OC(C)(C)C)C(=O)N[C@@H](Cc1ccc([N+](=O)[O-])cc1)C(N)=O. The summed E-state index contributed by atoms with van der Waals surface area (Å²) in [6, 6.07) is 0.864. The van der Waals surface area contributed by atoms with E-state index < -0.39 is 64.4 Å². The van der Waals surface area contributed by atoms with Gasteiger partial charge in [0.15, 0.2) is 0 Å². The third-order valence-corrected chi connectivity index (χ3v) is 5.93. The number of aromatic nitrogens is 2. The predicted octanol–water partition coefficient (Wildman–Crippen LogP) is -0.0137. The molecule has 0 saturated heterocycles. The molecular weight excluding hydrogens is 564 g/mol. The molecule has 0 spiro atoms. The van der Waals surface area contributed by atoms with Crippen LogP contribution in [0.15, 0.2) is 36.8 Å². The van der Waals surface area contributed by atoms with E-state index in [1.165, 1.54) is 44.4 Å². The molecule has 234 valence electrons. The summed E-state index contributed by atoms with van der Waals surface area (Å²) in [5.74, 6) is -2.97. The minimum atomic E-state index is -1.16. The largest absolute Gasteiger partial charge is 0.444 e. The number of nitrogens with one attached hydrogen (secondary N) is 4. The third-order valence-electron chi connectivity index (χ3n) is 5.93. The van der Waals surface area contributed by atoms with Crippen LogP contribution < -0.4 is 27.0 Å². The number of alkyl carbamates (subject to hydrolysis) is 1. The van der Waals surface area contributed by atoms with Crippen molar-refractivity contribution in [3.63, 3.8) is 0 Å². The highest BCUT2D eigenvalue weighted by Gasteiger charge is 2.29. The summed E-state index contributed by atoms with van der Waals surface area (Å²) in [5, 5.41) is 20.8. The van der Waals surface area contributed by atoms with Crippen molar-refractivity contribution in [2.45, 2.75) is 77.2 Å². The van der Waals surface area contributed by atoms with Crippen molar-refractivity contribution in [1.82, 2.24) is 30.8 Å². The second-order valence-electron chi connectivity index (χ2n) is 11.0. The number of carbonyl (C=O) groups excluding carboxylic acids is 5. The maximum absolute atomic E-state index is 13.1. The number of carbonyl (C=O) groups is 5. The molecule has 0 fully saturated rings. The Kier molecular flexibility index (Phi) is 11.7. The average Bonchev–Trinajstić information content (AvgIpc) is 3.31. The molecule has 2 aromatic rings. The number of nitrogens with zero attached hydrogens (tertiary/aromatic N) is 3. The summed E-state index contributed by atoms with van der Waals surface area (Å²) in [7, 11) is 1.75. The van der Waals surface area contributed by atoms with E-state index in [-0.39, 0.29) is 18.5 Å². The maximum Gasteiger partial charge on any atom is 0.408 e. The van der Waals surface area contributed by atoms with Gasteiger partial charge in [-0.25, -0.2) is 9.78 Å². The summed E-state index contributed by atoms with van der Waals surface area (Å²) in [6.07, 6.45) is 2.36. The van der Waals surface area contributed by atoms with E-state index in [1.807, 2.05) is 0 Å². The van der Waals surface area contributed by atoms with Gasteiger partial charge in [0, 0.05) is 38.2 Å². The van der Waals surface area contributed by atoms with Crippen molar-refractivity contribution in [3.8, 4) is 0 Å². The minimum Gasteiger partial charge on any atom is -0.444 e. The fourth-order valence-corrected chi connectivity index (χ4v) is 3.73. The first-order chi connectivity index (χ1) is 19.9. The number of ether oxygens (including phenoxy) is 1. The summed E-state index contributed by atoms with van der Waals surface area (Å²) in [4.78, 5) is 77.4. The molecule has 0 radical (unpaired) electrons. The molecule has 1 aromatic carbocycles. The minimum absolute atomic E-state index is 0.0162. The molecule has 6 N–H and O–H groups in total. The zero-order chi connectivity index (χ0) is 32.5. The lowest BCUT2D eigenvalue weighted by atomic mass is 10.0. The fourth-order valence-electron chi connectivity index (χ4n) is 3.73. The van der Waals surface area contributed by atoms with E-state index >= 15 is 0 Å². The van der Waals surface area contributed by atoms with Crippen molar-refractivity contribution in [3.05, 3.63) is 58.2 Å². The first-order valence-electron chi connectivity index (χ1n) is 13.3. The van der Waals surface area contributed by atoms with E-state index in [0.29, 0.717) is 11.3 Å². The van der Waals surface area contributed by atoms with Crippen LogP contribution in [0.1, 0.15) is 45.9 Å². The Morgan fingerprint density at radius 2 is 1.49 bits per heavy atom. The van der Waals surface area contributed by atoms with Crippen molar-refractivity contribution < 1.29 is 33.6 Å². The summed E-state index contributed by atoms with van der Waals surface area (Å²) in [5.41, 5.74) is 5.51. The number of nitrogens with two attached hydrogens (primary N) is 1. The molecule has 0 aliphatic carbocycles. The number of primary amides is 1. The Morgan fingerprint density at radius 3 is 1.98 bits per heavy atom. The second kappa shape index (κ2) is 14.7. The van der Waals surface area contributed by atoms with Gasteiger partial charge < -0.3 is 36.3 Å². The monoisotopic (exact) mass is 602 g/mol. The predicted molar refractivity (Wildman–Crippen MR) is 153 cm³/mol. The molecule has 0 saturated carbocycles. The number of aryl methyl sites for hydroxylation is 1. The molecule has 16 heteroatoms. The van der Waals surface area contributed by atoms with Crippen molar-refractivity contribution in [2.75, 3.05) is 0 Å². The molecular formula is C27H38N8O8. The van der Waals surface area contributed by atoms with Crippen LogP contribution in [0.4, 0.5) is 10.5 Å². The molecule has 2 rings (SSSR count). The number of imidazole rings is 1. The van der Waals surface area contributed by atoms with E-state index in [1.54, 1.807) is 38.6 Å². The number of nitro benzene ring substituents is 1. The smallest absolute Gasteiger partial charge is 0.408 e. The average molecular weight is 603 g/mol. The number of rotatable bonds is 13. The Bertz CT molecular complexity index is 1340. The van der Waals surface area contributed by atoms with E-state index in [0.717, 1.165) is 0 Å². The summed E-state index contributed by atoms with van der Waals surface area (Å²) in [6.45, 7) is 7.78. The molecule has 16 nitrogen and oxygen atoms in total. The zero-order valence-corrected chi connectivity index (χ0v) is 24.9. The topological polar surface area (TPSA) is 230 Å². The Hall–Kier alpha value is -5.02. The number of non-ortho nitro benzene ring substituents is 1. The number of amides is 5. The van der Waals surface area contributed by atoms with Crippen LogP contribution in [-0.4, -0.2) is 74.0 Å². The lowest BCUT2D eigenvalue weighted by molar-refractivity contribution is -0.384. The maximum atomic E-state index is 13.1. The number of benzene rings is 1. The van der Waals surface area contributed by atoms with Gasteiger partial charge in [0.25, 0.3) is 5.69 Å². The highest BCUT2D eigenvalue weighted by molar-refractivity contribution is 5.94. The van der Waals surface area contributed by atoms with Crippen LogP contribution in [0.2, 0.25) is 0 Å². The van der Waals surface area contributed by atoms with Crippen molar-refractivity contribution in [1.29, 1.82) is 0 Å². The lowest BCUT2D eigenvalue weighted by Crippen LogP contribution is -2.57. The van der Waals surface area contributed by atoms with Gasteiger partial charge in [-0.15, -0.1) is 0 Å². The van der Waals surface area contributed by atoms with Gasteiger partial charge >= 0.3 is 6.09 Å². The summed E-state index contributed by atoms with van der Waals surface area (Å²) >= 11 is 0. The highest BCUT2D eigenvalue weighted by Crippen LogP contribution is 2.13. The van der Waals surface area contributed by atoms with E-state index in [9.17, 15) is 34.1 Å². The van der Waals surface area contributed by atoms with Gasteiger partial charge in [0.1, 0.15) is 29.8 Å². The van der Waals surface area contributed by atoms with Gasteiger partial charge in [-0.1, -0.05) is 12.1 Å². The van der Waals surface area contributed by atoms with Crippen LogP contribution in [0.25, 0.3) is 0 Å². The Labute approximate surface area is 248 Å². The Morgan fingerprint density at radius 1 is 0.930 bits per heavy atom. The number of nitro groups is 1. The van der Waals surface area contributed by atoms with Crippen LogP contribution in [-0.2, 0) is 43.8 Å². The molecule has 0 bridgehead atoms. The summed E-state index contributed by atoms with van der Waals surface area (Å²) < 4.78 is 6.93. The van der Waals surface area contributed by atoms with Gasteiger partial charge in [-0.3, -0.25) is 29.3 Å². The highest BCUT2D eigenvalue weighted by atomic mass is 16.6. The molecule has 5 amide bonds. The Balaban J connectivity index is 2.00. The zero-order valence-electron chi connectivity index (χ0n) is 24.9. The van der Waals surface area contributed by atoms with Gasteiger partial charge in [-0.05, 0) is 40.2 Å². The third kappa shape index (κ3) is 11.4. The van der Waals surface area contributed by atoms with Crippen molar-refractivity contribution in [2.24, 2.45) is 12.8 Å². The second-order valence-corrected chi connectivity index (χ2v) is 11.0. The molecule has 4 atom stereocenters. The molecule has 1 aromatic heterocycles. The molecule has 0 aliphatic heterocycles. The molecule has 43 heavy (non-hydrogen) atoms. The molecule has 0 unspecified atom stereocenters. The van der Waals surface area contributed by atoms with E-state index in [2.05, 4.69) is 26.3 Å². The first kappa shape index (κ1) is 34.2. The standard InChI is InChI=1S/C27H38N8O8/c1-15(31-25(39)21(12-18-13-34(6)14-29-18)33-26(40)43-27(3,4)5)23(37)30-16(2)24(38)32-20(22(28)36)11-17-7-9-19(10-8-17)35(41)42/h7-10,13-16,20-21H,11-12H2,1-6H3,(H2,28,36)(H,30,37)(H,31,39)(H,32,38)(H,33,40)/t15-,16-,20-,21-/m0/s1. The van der Waals surface area contributed by atoms with Crippen LogP contribution in [0.5, 0.6) is 0 Å². The quantitative estimate of drug-likeness (QED) is 0.153. The van der Waals surface area contributed by atoms with Gasteiger partial charge in [0.2, 0.25) is 23.6 Å².